The highest BCUT2D eigenvalue weighted by Crippen LogP contribution is 2.27. The lowest BCUT2D eigenvalue weighted by atomic mass is 9.90. The predicted octanol–water partition coefficient (Wildman–Crippen LogP) is 2.98. The first kappa shape index (κ1) is 21.3. The van der Waals surface area contributed by atoms with Gasteiger partial charge >= 0.3 is 0 Å². The highest BCUT2D eigenvalue weighted by molar-refractivity contribution is 5.94. The van der Waals surface area contributed by atoms with Crippen LogP contribution in [0.1, 0.15) is 23.2 Å². The van der Waals surface area contributed by atoms with Gasteiger partial charge in [-0.3, -0.25) is 9.59 Å². The van der Waals surface area contributed by atoms with Crippen molar-refractivity contribution in [3.8, 4) is 5.75 Å². The SMILES string of the molecule is O=C(C[C@H]1CN(C(=O)c2ccccc2)CC[C@@H]1Oc1ccc(F)cc1)N1CCOCC1. The van der Waals surface area contributed by atoms with Crippen LogP contribution in [-0.4, -0.2) is 67.1 Å². The van der Waals surface area contributed by atoms with Gasteiger partial charge in [0.2, 0.25) is 5.91 Å². The van der Waals surface area contributed by atoms with Gasteiger partial charge in [0.15, 0.2) is 0 Å². The number of halogens is 1. The average Bonchev–Trinajstić information content (AvgIpc) is 2.82. The summed E-state index contributed by atoms with van der Waals surface area (Å²) < 4.78 is 24.8. The molecule has 2 amide bonds. The summed E-state index contributed by atoms with van der Waals surface area (Å²) in [5.74, 6) is 0.106. The van der Waals surface area contributed by atoms with E-state index in [1.54, 1.807) is 29.2 Å². The Labute approximate surface area is 181 Å². The Balaban J connectivity index is 1.48. The molecule has 0 saturated carbocycles. The van der Waals surface area contributed by atoms with Gasteiger partial charge in [0.05, 0.1) is 13.2 Å². The maximum atomic E-state index is 13.3. The smallest absolute Gasteiger partial charge is 0.253 e. The van der Waals surface area contributed by atoms with E-state index in [2.05, 4.69) is 0 Å². The normalized spacial score (nSPS) is 21.6. The van der Waals surface area contributed by atoms with E-state index in [1.165, 1.54) is 12.1 Å². The Bertz CT molecular complexity index is 884. The minimum Gasteiger partial charge on any atom is -0.490 e. The van der Waals surface area contributed by atoms with Crippen molar-refractivity contribution >= 4 is 11.8 Å². The second-order valence-electron chi connectivity index (χ2n) is 7.97. The summed E-state index contributed by atoms with van der Waals surface area (Å²) in [7, 11) is 0. The van der Waals surface area contributed by atoms with E-state index in [0.717, 1.165) is 0 Å². The van der Waals surface area contributed by atoms with Crippen molar-refractivity contribution < 1.29 is 23.5 Å². The van der Waals surface area contributed by atoms with Gasteiger partial charge in [0.1, 0.15) is 17.7 Å². The number of likely N-dealkylation sites (tertiary alicyclic amines) is 1. The van der Waals surface area contributed by atoms with Crippen LogP contribution < -0.4 is 4.74 Å². The van der Waals surface area contributed by atoms with Gasteiger partial charge in [-0.15, -0.1) is 0 Å². The van der Waals surface area contributed by atoms with Crippen molar-refractivity contribution in [2.75, 3.05) is 39.4 Å². The Morgan fingerprint density at radius 1 is 0.968 bits per heavy atom. The molecule has 164 valence electrons. The van der Waals surface area contributed by atoms with Gasteiger partial charge in [-0.1, -0.05) is 18.2 Å². The lowest BCUT2D eigenvalue weighted by Crippen LogP contribution is -2.50. The Morgan fingerprint density at radius 3 is 2.39 bits per heavy atom. The molecule has 0 radical (unpaired) electrons. The van der Waals surface area contributed by atoms with E-state index in [4.69, 9.17) is 9.47 Å². The first-order chi connectivity index (χ1) is 15.1. The lowest BCUT2D eigenvalue weighted by molar-refractivity contribution is -0.137. The maximum Gasteiger partial charge on any atom is 0.253 e. The van der Waals surface area contributed by atoms with Gasteiger partial charge in [0, 0.05) is 50.5 Å². The number of ether oxygens (including phenoxy) is 2. The number of hydrogen-bond donors (Lipinski definition) is 0. The molecule has 2 aromatic carbocycles. The van der Waals surface area contributed by atoms with Crippen molar-refractivity contribution in [1.82, 2.24) is 9.80 Å². The second-order valence-corrected chi connectivity index (χ2v) is 7.97. The third-order valence-corrected chi connectivity index (χ3v) is 5.87. The molecule has 0 bridgehead atoms. The fraction of sp³-hybridized carbons (Fsp3) is 0.417. The van der Waals surface area contributed by atoms with Gasteiger partial charge < -0.3 is 19.3 Å². The molecule has 2 atom stereocenters. The molecule has 2 aromatic rings. The van der Waals surface area contributed by atoms with Crippen molar-refractivity contribution in [3.05, 3.63) is 66.0 Å². The van der Waals surface area contributed by atoms with E-state index in [1.807, 2.05) is 23.1 Å². The number of benzene rings is 2. The molecular formula is C24H27FN2O4. The van der Waals surface area contributed by atoms with Crippen molar-refractivity contribution in [3.63, 3.8) is 0 Å². The zero-order valence-electron chi connectivity index (χ0n) is 17.4. The van der Waals surface area contributed by atoms with Crippen LogP contribution in [0.15, 0.2) is 54.6 Å². The fourth-order valence-electron chi connectivity index (χ4n) is 4.16. The molecule has 0 N–H and O–H groups in total. The summed E-state index contributed by atoms with van der Waals surface area (Å²) in [6.07, 6.45) is 0.678. The molecule has 0 aromatic heterocycles. The molecule has 2 aliphatic rings. The first-order valence-corrected chi connectivity index (χ1v) is 10.7. The molecule has 2 heterocycles. The van der Waals surface area contributed by atoms with Crippen LogP contribution in [0.2, 0.25) is 0 Å². The first-order valence-electron chi connectivity index (χ1n) is 10.7. The van der Waals surface area contributed by atoms with Gasteiger partial charge in [-0.05, 0) is 36.4 Å². The fourth-order valence-corrected chi connectivity index (χ4v) is 4.16. The van der Waals surface area contributed by atoms with E-state index in [9.17, 15) is 14.0 Å². The standard InChI is InChI=1S/C24H27FN2O4/c25-20-6-8-21(9-7-20)31-22-10-11-27(24(29)18-4-2-1-3-5-18)17-19(22)16-23(28)26-12-14-30-15-13-26/h1-9,19,22H,10-17H2/t19-,22-/m0/s1. The van der Waals surface area contributed by atoms with Crippen LogP contribution in [0.25, 0.3) is 0 Å². The number of nitrogens with zero attached hydrogens (tertiary/aromatic N) is 2. The van der Waals surface area contributed by atoms with Gasteiger partial charge in [-0.2, -0.15) is 0 Å². The molecule has 6 nitrogen and oxygen atoms in total. The maximum absolute atomic E-state index is 13.3. The second kappa shape index (κ2) is 9.92. The molecule has 0 spiro atoms. The average molecular weight is 426 g/mol. The number of carbonyl (C=O) groups excluding carboxylic acids is 2. The summed E-state index contributed by atoms with van der Waals surface area (Å²) >= 11 is 0. The number of amides is 2. The number of piperidine rings is 1. The minimum atomic E-state index is -0.324. The number of morpholine rings is 1. The van der Waals surface area contributed by atoms with Crippen LogP contribution in [0, 0.1) is 11.7 Å². The van der Waals surface area contributed by atoms with Crippen molar-refractivity contribution in [2.24, 2.45) is 5.92 Å². The zero-order valence-corrected chi connectivity index (χ0v) is 17.4. The summed E-state index contributed by atoms with van der Waals surface area (Å²) in [6.45, 7) is 3.25. The zero-order chi connectivity index (χ0) is 21.6. The quantitative estimate of drug-likeness (QED) is 0.738. The Kier molecular flexibility index (Phi) is 6.82. The third-order valence-electron chi connectivity index (χ3n) is 5.87. The third kappa shape index (κ3) is 5.41. The lowest BCUT2D eigenvalue weighted by Gasteiger charge is -2.39. The number of carbonyl (C=O) groups is 2. The van der Waals surface area contributed by atoms with Crippen LogP contribution >= 0.6 is 0 Å². The van der Waals surface area contributed by atoms with Gasteiger partial charge in [-0.25, -0.2) is 4.39 Å². The molecule has 31 heavy (non-hydrogen) atoms. The minimum absolute atomic E-state index is 0.0374. The van der Waals surface area contributed by atoms with Crippen LogP contribution in [0.4, 0.5) is 4.39 Å². The molecule has 2 fully saturated rings. The van der Waals surface area contributed by atoms with Crippen LogP contribution in [-0.2, 0) is 9.53 Å². The highest BCUT2D eigenvalue weighted by Gasteiger charge is 2.35. The summed E-state index contributed by atoms with van der Waals surface area (Å²) in [4.78, 5) is 29.5. The van der Waals surface area contributed by atoms with E-state index >= 15 is 0 Å². The summed E-state index contributed by atoms with van der Waals surface area (Å²) in [5.41, 5.74) is 0.638. The Morgan fingerprint density at radius 2 is 1.68 bits per heavy atom. The molecule has 2 aliphatic heterocycles. The summed E-state index contributed by atoms with van der Waals surface area (Å²) in [5, 5.41) is 0. The summed E-state index contributed by atoms with van der Waals surface area (Å²) in [6, 6.07) is 15.1. The van der Waals surface area contributed by atoms with Crippen LogP contribution in [0.3, 0.4) is 0 Å². The van der Waals surface area contributed by atoms with Gasteiger partial charge in [0.25, 0.3) is 5.91 Å². The van der Waals surface area contributed by atoms with Crippen molar-refractivity contribution in [1.29, 1.82) is 0 Å². The number of hydrogen-bond acceptors (Lipinski definition) is 4. The molecule has 4 rings (SSSR count). The molecule has 7 heteroatoms. The molecular weight excluding hydrogens is 399 g/mol. The molecule has 2 saturated heterocycles. The molecule has 0 aliphatic carbocycles. The highest BCUT2D eigenvalue weighted by atomic mass is 19.1. The van der Waals surface area contributed by atoms with E-state index < -0.39 is 0 Å². The predicted molar refractivity (Wildman–Crippen MR) is 113 cm³/mol. The van der Waals surface area contributed by atoms with Crippen molar-refractivity contribution in [2.45, 2.75) is 18.9 Å². The topological polar surface area (TPSA) is 59.1 Å². The van der Waals surface area contributed by atoms with E-state index in [-0.39, 0.29) is 29.7 Å². The Hall–Kier alpha value is -2.93. The largest absolute Gasteiger partial charge is 0.490 e. The monoisotopic (exact) mass is 426 g/mol. The van der Waals surface area contributed by atoms with Crippen LogP contribution in [0.5, 0.6) is 5.75 Å². The number of rotatable bonds is 5. The molecule has 0 unspecified atom stereocenters. The van der Waals surface area contributed by atoms with E-state index in [0.29, 0.717) is 63.5 Å².